The second-order valence-corrected chi connectivity index (χ2v) is 9.19. The van der Waals surface area contributed by atoms with Gasteiger partial charge in [0, 0.05) is 39.3 Å². The van der Waals surface area contributed by atoms with Gasteiger partial charge in [0.2, 0.25) is 5.91 Å². The normalized spacial score (nSPS) is 19.0. The molecule has 0 radical (unpaired) electrons. The van der Waals surface area contributed by atoms with Gasteiger partial charge in [0.25, 0.3) is 5.91 Å². The number of rotatable bonds is 4. The lowest BCUT2D eigenvalue weighted by Crippen LogP contribution is -2.51. The smallest absolute Gasteiger partial charge is 0.263 e. The lowest BCUT2D eigenvalue weighted by Gasteiger charge is -2.39. The van der Waals surface area contributed by atoms with E-state index in [4.69, 9.17) is 5.73 Å². The summed E-state index contributed by atoms with van der Waals surface area (Å²) in [5, 5.41) is 6.59. The fourth-order valence-electron chi connectivity index (χ4n) is 4.84. The van der Waals surface area contributed by atoms with Gasteiger partial charge in [-0.3, -0.25) is 14.6 Å². The average molecular weight is 500 g/mol. The van der Waals surface area contributed by atoms with Crippen LogP contribution < -0.4 is 16.0 Å². The first-order chi connectivity index (χ1) is 17.3. The van der Waals surface area contributed by atoms with Crippen molar-refractivity contribution in [1.82, 2.24) is 29.4 Å². The van der Waals surface area contributed by atoms with Gasteiger partial charge < -0.3 is 25.8 Å². The highest BCUT2D eigenvalue weighted by molar-refractivity contribution is 6.12. The molecule has 13 heteroatoms. The Bertz CT molecular complexity index is 1310. The second-order valence-electron chi connectivity index (χ2n) is 9.19. The maximum atomic E-state index is 15.1. The monoisotopic (exact) mass is 499 g/mol. The van der Waals surface area contributed by atoms with Gasteiger partial charge >= 0.3 is 0 Å². The molecular weight excluding hydrogens is 472 g/mol. The summed E-state index contributed by atoms with van der Waals surface area (Å²) >= 11 is 0. The molecule has 2 saturated heterocycles. The molecule has 3 aromatic rings. The van der Waals surface area contributed by atoms with E-state index in [2.05, 4.69) is 25.3 Å². The number of carbonyl (C=O) groups is 2. The number of nitrogens with one attached hydrogen (secondary N) is 1. The van der Waals surface area contributed by atoms with Crippen LogP contribution in [-0.2, 0) is 4.79 Å². The number of hydrogen-bond acceptors (Lipinski definition) is 8. The molecule has 5 rings (SSSR count). The van der Waals surface area contributed by atoms with Crippen LogP contribution in [-0.4, -0.2) is 87.5 Å². The molecule has 5 heterocycles. The highest BCUT2D eigenvalue weighted by atomic mass is 19.1. The molecular formula is C23H27F2N9O2. The molecule has 2 aliphatic rings. The number of pyridine rings is 1. The van der Waals surface area contributed by atoms with Gasteiger partial charge in [-0.2, -0.15) is 0 Å². The second kappa shape index (κ2) is 9.64. The van der Waals surface area contributed by atoms with Gasteiger partial charge in [-0.1, -0.05) is 0 Å². The predicted octanol–water partition coefficient (Wildman–Crippen LogP) is 1.23. The number of fused-ring (bicyclic) bond motifs is 1. The number of halogens is 2. The standard InChI is InChI=1S/C23H27F2N9O2/c1-31-5-7-32(8-6-31)23(36)14-3-2-4-33(12-14)19-16(25)10-27-11-17(19)29-22(35)18-20(26)30-34-13-15(24)9-28-21(18)34/h9-11,13-14H,2-8,12H2,1H3,(H2,26,30)(H,29,35). The van der Waals surface area contributed by atoms with Gasteiger partial charge in [0.15, 0.2) is 23.1 Å². The molecule has 3 N–H and O–H groups in total. The van der Waals surface area contributed by atoms with Gasteiger partial charge in [-0.15, -0.1) is 5.10 Å². The Morgan fingerprint density at radius 1 is 1.11 bits per heavy atom. The summed E-state index contributed by atoms with van der Waals surface area (Å²) in [6, 6.07) is 0. The topological polar surface area (TPSA) is 125 Å². The van der Waals surface area contributed by atoms with Gasteiger partial charge in [-0.05, 0) is 19.9 Å². The molecule has 36 heavy (non-hydrogen) atoms. The van der Waals surface area contributed by atoms with Crippen LogP contribution in [0.4, 0.5) is 26.0 Å². The molecule has 1 atom stereocenters. The third-order valence-electron chi connectivity index (χ3n) is 6.72. The van der Waals surface area contributed by atoms with Crippen molar-refractivity contribution >= 4 is 34.7 Å². The maximum Gasteiger partial charge on any atom is 0.263 e. The number of amides is 2. The van der Waals surface area contributed by atoms with Crippen LogP contribution in [0.2, 0.25) is 0 Å². The molecule has 0 aromatic carbocycles. The Balaban J connectivity index is 1.38. The Hall–Kier alpha value is -3.87. The minimum atomic E-state index is -0.683. The number of piperazine rings is 1. The molecule has 2 fully saturated rings. The van der Waals surface area contributed by atoms with Crippen LogP contribution in [0, 0.1) is 17.6 Å². The number of nitrogen functional groups attached to an aromatic ring is 1. The highest BCUT2D eigenvalue weighted by Crippen LogP contribution is 2.33. The van der Waals surface area contributed by atoms with Crippen molar-refractivity contribution in [2.45, 2.75) is 12.8 Å². The van der Waals surface area contributed by atoms with E-state index in [-0.39, 0.29) is 40.2 Å². The third kappa shape index (κ3) is 4.53. The summed E-state index contributed by atoms with van der Waals surface area (Å²) in [5.41, 5.74) is 6.19. The van der Waals surface area contributed by atoms with Crippen LogP contribution in [0.15, 0.2) is 24.8 Å². The summed E-state index contributed by atoms with van der Waals surface area (Å²) < 4.78 is 29.7. The minimum Gasteiger partial charge on any atom is -0.381 e. The first kappa shape index (κ1) is 23.9. The number of nitrogens with zero attached hydrogens (tertiary/aromatic N) is 7. The largest absolute Gasteiger partial charge is 0.381 e. The summed E-state index contributed by atoms with van der Waals surface area (Å²) in [6.45, 7) is 3.85. The number of anilines is 3. The molecule has 190 valence electrons. The van der Waals surface area contributed by atoms with Crippen molar-refractivity contribution in [3.63, 3.8) is 0 Å². The molecule has 2 aliphatic heterocycles. The zero-order valence-electron chi connectivity index (χ0n) is 19.8. The Morgan fingerprint density at radius 2 is 1.89 bits per heavy atom. The van der Waals surface area contributed by atoms with Crippen molar-refractivity contribution in [2.75, 3.05) is 62.3 Å². The molecule has 1 unspecified atom stereocenters. The van der Waals surface area contributed by atoms with Crippen molar-refractivity contribution in [1.29, 1.82) is 0 Å². The number of aromatic nitrogens is 4. The summed E-state index contributed by atoms with van der Waals surface area (Å²) in [5.74, 6) is -2.28. The molecule has 0 spiro atoms. The Morgan fingerprint density at radius 3 is 2.67 bits per heavy atom. The summed E-state index contributed by atoms with van der Waals surface area (Å²) in [4.78, 5) is 40.0. The zero-order chi connectivity index (χ0) is 25.4. The highest BCUT2D eigenvalue weighted by Gasteiger charge is 2.33. The van der Waals surface area contributed by atoms with Crippen molar-refractivity contribution < 1.29 is 18.4 Å². The SMILES string of the molecule is CN1CCN(C(=O)C2CCCN(c3c(F)cncc3NC(=O)c3c(N)nn4cc(F)cnc34)C2)CC1. The van der Waals surface area contributed by atoms with Crippen LogP contribution in [0.1, 0.15) is 23.2 Å². The molecule has 11 nitrogen and oxygen atoms in total. The predicted molar refractivity (Wildman–Crippen MR) is 129 cm³/mol. The number of piperidine rings is 1. The lowest BCUT2D eigenvalue weighted by molar-refractivity contribution is -0.137. The molecule has 0 bridgehead atoms. The van der Waals surface area contributed by atoms with Gasteiger partial charge in [-0.25, -0.2) is 18.3 Å². The van der Waals surface area contributed by atoms with E-state index >= 15 is 4.39 Å². The van der Waals surface area contributed by atoms with E-state index < -0.39 is 17.5 Å². The fraction of sp³-hybridized carbons (Fsp3) is 0.435. The number of carbonyl (C=O) groups excluding carboxylic acids is 2. The van der Waals surface area contributed by atoms with E-state index in [1.165, 1.54) is 6.20 Å². The van der Waals surface area contributed by atoms with Crippen molar-refractivity contribution in [2.24, 2.45) is 5.92 Å². The van der Waals surface area contributed by atoms with E-state index in [1.807, 2.05) is 11.9 Å². The van der Waals surface area contributed by atoms with E-state index in [1.54, 1.807) is 4.90 Å². The maximum absolute atomic E-state index is 15.1. The summed E-state index contributed by atoms with van der Waals surface area (Å²) in [6.07, 6.45) is 5.85. The van der Waals surface area contributed by atoms with Crippen molar-refractivity contribution in [3.05, 3.63) is 42.0 Å². The van der Waals surface area contributed by atoms with Gasteiger partial charge in [0.05, 0.1) is 36.4 Å². The number of hydrogen-bond donors (Lipinski definition) is 2. The van der Waals surface area contributed by atoms with E-state index in [0.717, 1.165) is 42.6 Å². The molecule has 0 saturated carbocycles. The minimum absolute atomic E-state index is 0.0630. The van der Waals surface area contributed by atoms with Crippen LogP contribution >= 0.6 is 0 Å². The number of nitrogens with two attached hydrogens (primary N) is 1. The van der Waals surface area contributed by atoms with Gasteiger partial charge in [0.1, 0.15) is 11.3 Å². The average Bonchev–Trinajstić information content (AvgIpc) is 3.19. The first-order valence-electron chi connectivity index (χ1n) is 11.8. The zero-order valence-corrected chi connectivity index (χ0v) is 19.8. The Labute approximate surface area is 205 Å². The number of likely N-dealkylation sites (N-methyl/N-ethyl adjacent to an activating group) is 1. The molecule has 2 amide bonds. The van der Waals surface area contributed by atoms with Crippen LogP contribution in [0.25, 0.3) is 5.65 Å². The van der Waals surface area contributed by atoms with Crippen LogP contribution in [0.5, 0.6) is 0 Å². The Kier molecular flexibility index (Phi) is 6.39. The third-order valence-corrected chi connectivity index (χ3v) is 6.72. The van der Waals surface area contributed by atoms with Crippen LogP contribution in [0.3, 0.4) is 0 Å². The summed E-state index contributed by atoms with van der Waals surface area (Å²) in [7, 11) is 2.03. The first-order valence-corrected chi connectivity index (χ1v) is 11.8. The lowest BCUT2D eigenvalue weighted by atomic mass is 9.95. The molecule has 3 aromatic heterocycles. The fourth-order valence-corrected chi connectivity index (χ4v) is 4.84. The van der Waals surface area contributed by atoms with E-state index in [0.29, 0.717) is 32.6 Å². The molecule has 0 aliphatic carbocycles. The van der Waals surface area contributed by atoms with Crippen molar-refractivity contribution in [3.8, 4) is 0 Å². The quantitative estimate of drug-likeness (QED) is 0.549. The van der Waals surface area contributed by atoms with E-state index in [9.17, 15) is 14.0 Å².